The van der Waals surface area contributed by atoms with Crippen LogP contribution >= 0.6 is 0 Å². The average molecular weight is 306 g/mol. The van der Waals surface area contributed by atoms with Crippen LogP contribution in [0, 0.1) is 5.92 Å². The van der Waals surface area contributed by atoms with Crippen LogP contribution in [-0.2, 0) is 28.5 Å². The van der Waals surface area contributed by atoms with Gasteiger partial charge in [0.05, 0.1) is 38.6 Å². The van der Waals surface area contributed by atoms with Crippen molar-refractivity contribution in [3.05, 3.63) is 0 Å². The first kappa shape index (κ1) is 19.8. The van der Waals surface area contributed by atoms with E-state index in [2.05, 4.69) is 0 Å². The van der Waals surface area contributed by atoms with Gasteiger partial charge in [0.1, 0.15) is 0 Å². The van der Waals surface area contributed by atoms with Gasteiger partial charge in [0.15, 0.2) is 5.92 Å². The summed E-state index contributed by atoms with van der Waals surface area (Å²) < 4.78 is 19.9. The summed E-state index contributed by atoms with van der Waals surface area (Å²) in [5.41, 5.74) is 0. The van der Waals surface area contributed by atoms with Crippen LogP contribution < -0.4 is 0 Å². The highest BCUT2D eigenvalue weighted by Crippen LogP contribution is 2.13. The Morgan fingerprint density at radius 3 is 2.00 bits per heavy atom. The van der Waals surface area contributed by atoms with E-state index in [-0.39, 0.29) is 32.3 Å². The Balaban J connectivity index is 4.43. The summed E-state index contributed by atoms with van der Waals surface area (Å²) in [7, 11) is 1.55. The Morgan fingerprint density at radius 2 is 1.57 bits per heavy atom. The van der Waals surface area contributed by atoms with E-state index in [1.54, 1.807) is 27.9 Å². The number of rotatable bonds is 11. The number of esters is 2. The lowest BCUT2D eigenvalue weighted by Crippen LogP contribution is -2.33. The van der Waals surface area contributed by atoms with Crippen LogP contribution in [0.3, 0.4) is 0 Å². The van der Waals surface area contributed by atoms with Crippen LogP contribution in [0.15, 0.2) is 0 Å². The number of hydrogen-bond acceptors (Lipinski definition) is 7. The molecule has 0 fully saturated rings. The summed E-state index contributed by atoms with van der Waals surface area (Å²) in [5.74, 6) is -2.53. The molecule has 0 saturated carbocycles. The topological polar surface area (TPSA) is 91.3 Å². The molecule has 0 saturated heterocycles. The summed E-state index contributed by atoms with van der Waals surface area (Å²) in [4.78, 5) is 23.5. The third kappa shape index (κ3) is 8.64. The van der Waals surface area contributed by atoms with E-state index >= 15 is 0 Å². The van der Waals surface area contributed by atoms with Crippen LogP contribution in [0.4, 0.5) is 0 Å². The van der Waals surface area contributed by atoms with E-state index in [4.69, 9.17) is 18.9 Å². The second kappa shape index (κ2) is 11.5. The van der Waals surface area contributed by atoms with Gasteiger partial charge in [-0.2, -0.15) is 0 Å². The van der Waals surface area contributed by atoms with E-state index in [1.807, 2.05) is 0 Å². The molecule has 2 unspecified atom stereocenters. The fourth-order valence-corrected chi connectivity index (χ4v) is 1.67. The molecule has 0 heterocycles. The summed E-state index contributed by atoms with van der Waals surface area (Å²) in [6.07, 6.45) is -1.26. The van der Waals surface area contributed by atoms with Crippen molar-refractivity contribution in [3.8, 4) is 0 Å². The molecule has 0 aromatic carbocycles. The third-order valence-electron chi connectivity index (χ3n) is 2.62. The highest BCUT2D eigenvalue weighted by molar-refractivity contribution is 5.94. The molecule has 0 aliphatic heterocycles. The first-order valence-electron chi connectivity index (χ1n) is 7.08. The van der Waals surface area contributed by atoms with Gasteiger partial charge in [-0.05, 0) is 27.2 Å². The Kier molecular flexibility index (Phi) is 10.8. The standard InChI is InChI=1S/C14H26O7/c1-5-19-13(16)12(14(17)20-6-2)7-11(15)9-21-10(3)8-18-4/h10-12,15H,5-9H2,1-4H3. The molecule has 0 bridgehead atoms. The first-order valence-corrected chi connectivity index (χ1v) is 7.08. The minimum Gasteiger partial charge on any atom is -0.465 e. The van der Waals surface area contributed by atoms with Crippen molar-refractivity contribution in [1.29, 1.82) is 0 Å². The second-order valence-corrected chi connectivity index (χ2v) is 4.55. The zero-order valence-electron chi connectivity index (χ0n) is 13.2. The van der Waals surface area contributed by atoms with Gasteiger partial charge in [-0.15, -0.1) is 0 Å². The Bertz CT molecular complexity index is 288. The largest absolute Gasteiger partial charge is 0.465 e. The lowest BCUT2D eigenvalue weighted by atomic mass is 10.0. The zero-order valence-corrected chi connectivity index (χ0v) is 13.2. The molecule has 0 aromatic rings. The number of carbonyl (C=O) groups excluding carboxylic acids is 2. The smallest absolute Gasteiger partial charge is 0.320 e. The molecule has 7 heteroatoms. The number of ether oxygens (including phenoxy) is 4. The minimum absolute atomic E-state index is 0.000162. The van der Waals surface area contributed by atoms with Gasteiger partial charge < -0.3 is 24.1 Å². The van der Waals surface area contributed by atoms with Crippen LogP contribution in [0.5, 0.6) is 0 Å². The van der Waals surface area contributed by atoms with E-state index in [1.165, 1.54) is 0 Å². The van der Waals surface area contributed by atoms with Crippen molar-refractivity contribution in [1.82, 2.24) is 0 Å². The second-order valence-electron chi connectivity index (χ2n) is 4.55. The molecule has 7 nitrogen and oxygen atoms in total. The average Bonchev–Trinajstić information content (AvgIpc) is 2.43. The summed E-state index contributed by atoms with van der Waals surface area (Å²) in [6, 6.07) is 0. The summed E-state index contributed by atoms with van der Waals surface area (Å²) in [5, 5.41) is 9.89. The van der Waals surface area contributed by atoms with Crippen molar-refractivity contribution in [2.75, 3.05) is 33.5 Å². The van der Waals surface area contributed by atoms with E-state index in [0.29, 0.717) is 6.61 Å². The Morgan fingerprint density at radius 1 is 1.05 bits per heavy atom. The predicted molar refractivity (Wildman–Crippen MR) is 74.7 cm³/mol. The maximum atomic E-state index is 11.7. The van der Waals surface area contributed by atoms with E-state index in [9.17, 15) is 14.7 Å². The van der Waals surface area contributed by atoms with Crippen LogP contribution in [0.2, 0.25) is 0 Å². The van der Waals surface area contributed by atoms with Gasteiger partial charge in [0.2, 0.25) is 0 Å². The van der Waals surface area contributed by atoms with Gasteiger partial charge in [0, 0.05) is 7.11 Å². The van der Waals surface area contributed by atoms with Gasteiger partial charge in [0.25, 0.3) is 0 Å². The molecule has 124 valence electrons. The molecular formula is C14H26O7. The lowest BCUT2D eigenvalue weighted by Gasteiger charge is -2.19. The van der Waals surface area contributed by atoms with Crippen molar-refractivity contribution in [3.63, 3.8) is 0 Å². The maximum Gasteiger partial charge on any atom is 0.320 e. The SMILES string of the molecule is CCOC(=O)C(CC(O)COC(C)COC)C(=O)OCC. The monoisotopic (exact) mass is 306 g/mol. The fourth-order valence-electron chi connectivity index (χ4n) is 1.67. The van der Waals surface area contributed by atoms with Crippen LogP contribution in [-0.4, -0.2) is 62.8 Å². The number of aliphatic hydroxyl groups excluding tert-OH is 1. The van der Waals surface area contributed by atoms with Crippen LogP contribution in [0.1, 0.15) is 27.2 Å². The minimum atomic E-state index is -1.14. The van der Waals surface area contributed by atoms with E-state index < -0.39 is 24.0 Å². The molecule has 21 heavy (non-hydrogen) atoms. The summed E-state index contributed by atoms with van der Waals surface area (Å²) in [6.45, 7) is 5.80. The lowest BCUT2D eigenvalue weighted by molar-refractivity contribution is -0.163. The molecular weight excluding hydrogens is 280 g/mol. The molecule has 0 spiro atoms. The number of carbonyl (C=O) groups is 2. The quantitative estimate of drug-likeness (QED) is 0.440. The third-order valence-corrected chi connectivity index (χ3v) is 2.62. The van der Waals surface area contributed by atoms with Crippen molar-refractivity contribution >= 4 is 11.9 Å². The molecule has 0 aliphatic carbocycles. The van der Waals surface area contributed by atoms with Crippen molar-refractivity contribution in [2.45, 2.75) is 39.4 Å². The first-order chi connectivity index (χ1) is 9.96. The molecule has 0 amide bonds. The zero-order chi connectivity index (χ0) is 16.3. The molecule has 0 aliphatic rings. The number of hydrogen-bond donors (Lipinski definition) is 1. The molecule has 0 rings (SSSR count). The van der Waals surface area contributed by atoms with Gasteiger partial charge in [-0.1, -0.05) is 0 Å². The highest BCUT2D eigenvalue weighted by atomic mass is 16.6. The van der Waals surface area contributed by atoms with Crippen molar-refractivity contribution < 1.29 is 33.6 Å². The molecule has 2 atom stereocenters. The Labute approximate surface area is 125 Å². The normalized spacial score (nSPS) is 13.8. The molecule has 0 radical (unpaired) electrons. The summed E-state index contributed by atoms with van der Waals surface area (Å²) >= 11 is 0. The predicted octanol–water partition coefficient (Wildman–Crippen LogP) is 0.531. The van der Waals surface area contributed by atoms with Crippen LogP contribution in [0.25, 0.3) is 0 Å². The molecule has 0 aromatic heterocycles. The highest BCUT2D eigenvalue weighted by Gasteiger charge is 2.32. The van der Waals surface area contributed by atoms with Gasteiger partial charge >= 0.3 is 11.9 Å². The molecule has 1 N–H and O–H groups in total. The van der Waals surface area contributed by atoms with Gasteiger partial charge in [-0.3, -0.25) is 9.59 Å². The fraction of sp³-hybridized carbons (Fsp3) is 0.857. The van der Waals surface area contributed by atoms with Gasteiger partial charge in [-0.25, -0.2) is 0 Å². The Hall–Kier alpha value is -1.18. The van der Waals surface area contributed by atoms with Crippen molar-refractivity contribution in [2.24, 2.45) is 5.92 Å². The maximum absolute atomic E-state index is 11.7. The van der Waals surface area contributed by atoms with E-state index in [0.717, 1.165) is 0 Å². The number of methoxy groups -OCH3 is 1. The number of aliphatic hydroxyl groups is 1.